The first-order valence-corrected chi connectivity index (χ1v) is 6.56. The zero-order valence-electron chi connectivity index (χ0n) is 9.59. The van der Waals surface area contributed by atoms with Crippen LogP contribution in [0.25, 0.3) is 11.0 Å². The Morgan fingerprint density at radius 2 is 2.33 bits per heavy atom. The Bertz CT molecular complexity index is 690. The average Bonchev–Trinajstić information content (AvgIpc) is 2.94. The summed E-state index contributed by atoms with van der Waals surface area (Å²) in [4.78, 5) is 5.10. The molecule has 0 bridgehead atoms. The summed E-state index contributed by atoms with van der Waals surface area (Å²) >= 11 is 7.27. The summed E-state index contributed by atoms with van der Waals surface area (Å²) in [5.74, 6) is 0. The Balaban J connectivity index is 1.88. The number of fused-ring (bicyclic) bond motifs is 1. The molecule has 0 aliphatic carbocycles. The molecule has 2 aromatic heterocycles. The third kappa shape index (κ3) is 2.04. The predicted molar refractivity (Wildman–Crippen MR) is 73.0 cm³/mol. The molecule has 0 saturated carbocycles. The minimum atomic E-state index is 0.562. The number of halogens is 1. The molecule has 0 atom stereocenters. The maximum Gasteiger partial charge on any atom is 0.183 e. The van der Waals surface area contributed by atoms with E-state index in [2.05, 4.69) is 20.6 Å². The third-order valence-corrected chi connectivity index (χ3v) is 3.72. The number of hydrogen-bond acceptors (Lipinski definition) is 5. The normalized spacial score (nSPS) is 11.0. The van der Waals surface area contributed by atoms with Gasteiger partial charge in [0.2, 0.25) is 0 Å². The number of benzene rings is 1. The SMILES string of the molecule is Cn1nnc2cccc(NCc3cnc(Cl)s3)c21. The van der Waals surface area contributed by atoms with Crippen molar-refractivity contribution in [3.05, 3.63) is 33.7 Å². The van der Waals surface area contributed by atoms with Gasteiger partial charge >= 0.3 is 0 Å². The number of nitrogens with one attached hydrogen (secondary N) is 1. The number of thiazole rings is 1. The van der Waals surface area contributed by atoms with Gasteiger partial charge in [0, 0.05) is 18.1 Å². The smallest absolute Gasteiger partial charge is 0.183 e. The molecule has 0 fully saturated rings. The van der Waals surface area contributed by atoms with Crippen LogP contribution in [0, 0.1) is 0 Å². The summed E-state index contributed by atoms with van der Waals surface area (Å²) in [6, 6.07) is 5.91. The van der Waals surface area contributed by atoms with Crippen molar-refractivity contribution in [1.82, 2.24) is 20.0 Å². The maximum atomic E-state index is 5.80. The largest absolute Gasteiger partial charge is 0.378 e. The minimum Gasteiger partial charge on any atom is -0.378 e. The fraction of sp³-hybridized carbons (Fsp3) is 0.182. The summed E-state index contributed by atoms with van der Waals surface area (Å²) in [6.45, 7) is 0.689. The molecule has 0 saturated heterocycles. The highest BCUT2D eigenvalue weighted by atomic mass is 35.5. The number of aryl methyl sites for hydroxylation is 1. The second kappa shape index (κ2) is 4.55. The van der Waals surface area contributed by atoms with Crippen LogP contribution in [0.3, 0.4) is 0 Å². The molecule has 0 radical (unpaired) electrons. The highest BCUT2D eigenvalue weighted by molar-refractivity contribution is 7.15. The zero-order valence-corrected chi connectivity index (χ0v) is 11.2. The van der Waals surface area contributed by atoms with Crippen molar-refractivity contribution in [2.75, 3.05) is 5.32 Å². The van der Waals surface area contributed by atoms with Crippen molar-refractivity contribution >= 4 is 39.7 Å². The molecule has 1 N–H and O–H groups in total. The van der Waals surface area contributed by atoms with Crippen LogP contribution in [0.15, 0.2) is 24.4 Å². The fourth-order valence-electron chi connectivity index (χ4n) is 1.80. The van der Waals surface area contributed by atoms with Gasteiger partial charge < -0.3 is 5.32 Å². The van der Waals surface area contributed by atoms with Crippen LogP contribution in [0.2, 0.25) is 4.47 Å². The number of hydrogen-bond donors (Lipinski definition) is 1. The lowest BCUT2D eigenvalue weighted by molar-refractivity contribution is 0.736. The second-order valence-corrected chi connectivity index (χ2v) is 5.52. The van der Waals surface area contributed by atoms with Crippen LogP contribution >= 0.6 is 22.9 Å². The maximum absolute atomic E-state index is 5.80. The lowest BCUT2D eigenvalue weighted by atomic mass is 10.2. The molecule has 2 heterocycles. The van der Waals surface area contributed by atoms with Gasteiger partial charge in [-0.2, -0.15) is 0 Å². The average molecular weight is 280 g/mol. The van der Waals surface area contributed by atoms with Crippen molar-refractivity contribution in [3.63, 3.8) is 0 Å². The van der Waals surface area contributed by atoms with E-state index in [0.29, 0.717) is 11.0 Å². The highest BCUT2D eigenvalue weighted by Gasteiger charge is 2.07. The van der Waals surface area contributed by atoms with Crippen molar-refractivity contribution in [1.29, 1.82) is 0 Å². The first kappa shape index (κ1) is 11.4. The Hall–Kier alpha value is -1.66. The quantitative estimate of drug-likeness (QED) is 0.801. The van der Waals surface area contributed by atoms with E-state index < -0.39 is 0 Å². The third-order valence-electron chi connectivity index (χ3n) is 2.60. The Morgan fingerprint density at radius 1 is 1.44 bits per heavy atom. The topological polar surface area (TPSA) is 55.6 Å². The molecular formula is C11H10ClN5S. The summed E-state index contributed by atoms with van der Waals surface area (Å²) in [5.41, 5.74) is 2.88. The lowest BCUT2D eigenvalue weighted by Crippen LogP contribution is -2.00. The predicted octanol–water partition coefficient (Wildman–Crippen LogP) is 2.69. The fourth-order valence-corrected chi connectivity index (χ4v) is 2.72. The Morgan fingerprint density at radius 3 is 3.11 bits per heavy atom. The molecule has 0 amide bonds. The molecule has 3 aromatic rings. The van der Waals surface area contributed by atoms with Crippen LogP contribution in [0.4, 0.5) is 5.69 Å². The van der Waals surface area contributed by atoms with E-state index in [1.165, 1.54) is 11.3 Å². The van der Waals surface area contributed by atoms with Gasteiger partial charge in [-0.3, -0.25) is 0 Å². The molecule has 0 spiro atoms. The summed E-state index contributed by atoms with van der Waals surface area (Å²) in [5, 5.41) is 11.4. The molecule has 92 valence electrons. The summed E-state index contributed by atoms with van der Waals surface area (Å²) in [6.07, 6.45) is 1.78. The van der Waals surface area contributed by atoms with Gasteiger partial charge in [0.1, 0.15) is 11.0 Å². The van der Waals surface area contributed by atoms with Crippen LogP contribution in [0.1, 0.15) is 4.88 Å². The van der Waals surface area contributed by atoms with E-state index in [4.69, 9.17) is 11.6 Å². The number of anilines is 1. The monoisotopic (exact) mass is 279 g/mol. The lowest BCUT2D eigenvalue weighted by Gasteiger charge is -2.06. The summed E-state index contributed by atoms with van der Waals surface area (Å²) < 4.78 is 2.32. The summed E-state index contributed by atoms with van der Waals surface area (Å²) in [7, 11) is 1.88. The van der Waals surface area contributed by atoms with Gasteiger partial charge in [-0.05, 0) is 12.1 Å². The molecule has 5 nitrogen and oxygen atoms in total. The van der Waals surface area contributed by atoms with Crippen molar-refractivity contribution in [2.45, 2.75) is 6.54 Å². The van der Waals surface area contributed by atoms with E-state index in [1.54, 1.807) is 10.9 Å². The second-order valence-electron chi connectivity index (χ2n) is 3.82. The molecule has 0 aliphatic rings. The first-order chi connectivity index (χ1) is 8.74. The van der Waals surface area contributed by atoms with Gasteiger partial charge in [0.25, 0.3) is 0 Å². The Labute approximate surface area is 112 Å². The first-order valence-electron chi connectivity index (χ1n) is 5.36. The van der Waals surface area contributed by atoms with Crippen LogP contribution < -0.4 is 5.32 Å². The van der Waals surface area contributed by atoms with Crippen molar-refractivity contribution < 1.29 is 0 Å². The zero-order chi connectivity index (χ0) is 12.5. The molecule has 0 unspecified atom stereocenters. The van der Waals surface area contributed by atoms with Crippen LogP contribution in [0.5, 0.6) is 0 Å². The molecule has 7 heteroatoms. The molecule has 0 aliphatic heterocycles. The van der Waals surface area contributed by atoms with Gasteiger partial charge in [0.05, 0.1) is 12.2 Å². The van der Waals surface area contributed by atoms with Gasteiger partial charge in [-0.25, -0.2) is 9.67 Å². The van der Waals surface area contributed by atoms with Gasteiger partial charge in [-0.15, -0.1) is 16.4 Å². The van der Waals surface area contributed by atoms with Crippen molar-refractivity contribution in [3.8, 4) is 0 Å². The van der Waals surface area contributed by atoms with E-state index in [-0.39, 0.29) is 0 Å². The van der Waals surface area contributed by atoms with Gasteiger partial charge in [0.15, 0.2) is 4.47 Å². The van der Waals surface area contributed by atoms with E-state index >= 15 is 0 Å². The van der Waals surface area contributed by atoms with E-state index in [1.807, 2.05) is 25.2 Å². The number of nitrogens with zero attached hydrogens (tertiary/aromatic N) is 4. The van der Waals surface area contributed by atoms with Gasteiger partial charge in [-0.1, -0.05) is 22.9 Å². The van der Waals surface area contributed by atoms with E-state index in [0.717, 1.165) is 21.6 Å². The van der Waals surface area contributed by atoms with Crippen LogP contribution in [-0.4, -0.2) is 20.0 Å². The molecule has 3 rings (SSSR count). The number of aromatic nitrogens is 4. The number of para-hydroxylation sites is 1. The molecular weight excluding hydrogens is 270 g/mol. The molecule has 18 heavy (non-hydrogen) atoms. The standard InChI is InChI=1S/C11H10ClN5S/c1-17-10-8(3-2-4-9(10)15-16-17)13-5-7-6-14-11(12)18-7/h2-4,6,13H,5H2,1H3. The van der Waals surface area contributed by atoms with E-state index in [9.17, 15) is 0 Å². The molecule has 1 aromatic carbocycles. The van der Waals surface area contributed by atoms with Crippen molar-refractivity contribution in [2.24, 2.45) is 7.05 Å². The minimum absolute atomic E-state index is 0.562. The van der Waals surface area contributed by atoms with Crippen LogP contribution in [-0.2, 0) is 13.6 Å². The number of rotatable bonds is 3. The Kier molecular flexibility index (Phi) is 2.89. The highest BCUT2D eigenvalue weighted by Crippen LogP contribution is 2.23.